The van der Waals surface area contributed by atoms with Crippen LogP contribution in [0, 0.1) is 0 Å². The zero-order chi connectivity index (χ0) is 8.48. The van der Waals surface area contributed by atoms with Crippen LogP contribution in [0.1, 0.15) is 0 Å². The predicted molar refractivity (Wildman–Crippen MR) is 49.8 cm³/mol. The third-order valence-corrected chi connectivity index (χ3v) is 3.35. The maximum absolute atomic E-state index is 9.26. The topological polar surface area (TPSA) is 40.5 Å². The monoisotopic (exact) mass is 232 g/mol. The molecular weight excluding hydrogens is 224 g/mol. The Labute approximate surface area is 74.9 Å². The van der Waals surface area contributed by atoms with Crippen molar-refractivity contribution in [3.8, 4) is 0 Å². The summed E-state index contributed by atoms with van der Waals surface area (Å²) >= 11 is 3.26. The number of hydrogen-bond acceptors (Lipinski definition) is 2. The Kier molecular flexibility index (Phi) is 2.49. The van der Waals surface area contributed by atoms with Gasteiger partial charge < -0.3 is 9.59 Å². The summed E-state index contributed by atoms with van der Waals surface area (Å²) in [7, 11) is -3.08. The summed E-state index contributed by atoms with van der Waals surface area (Å²) in [6, 6.07) is 7.03. The second-order valence-electron chi connectivity index (χ2n) is 2.53. The van der Waals surface area contributed by atoms with E-state index in [9.17, 15) is 9.59 Å². The number of rotatable bonds is 1. The molecule has 1 aromatic rings. The first-order valence-electron chi connectivity index (χ1n) is 3.21. The van der Waals surface area contributed by atoms with E-state index in [-0.39, 0.29) is 0 Å². The Hall–Kier alpha value is -0.163. The van der Waals surface area contributed by atoms with E-state index in [1.54, 1.807) is 24.3 Å². The zero-order valence-corrected chi connectivity index (χ0v) is 8.67. The highest BCUT2D eigenvalue weighted by atomic mass is 79.9. The van der Waals surface area contributed by atoms with Crippen LogP contribution in [0.15, 0.2) is 28.7 Å². The first kappa shape index (κ1) is 8.93. The molecule has 2 nitrogen and oxygen atoms in total. The zero-order valence-electron chi connectivity index (χ0n) is 6.08. The van der Waals surface area contributed by atoms with Crippen molar-refractivity contribution < 1.29 is 9.59 Å². The van der Waals surface area contributed by atoms with Crippen LogP contribution >= 0.6 is 15.9 Å². The summed E-state index contributed by atoms with van der Waals surface area (Å²) in [4.78, 5) is 18.5. The Morgan fingerprint density at radius 1 is 1.18 bits per heavy atom. The minimum Gasteiger partial charge on any atom is -0.408 e. The molecule has 2 N–H and O–H groups in total. The second-order valence-corrected chi connectivity index (χ2v) is 6.06. The quantitative estimate of drug-likeness (QED) is 0.701. The van der Waals surface area contributed by atoms with Crippen molar-refractivity contribution in [3.05, 3.63) is 28.7 Å². The van der Waals surface area contributed by atoms with Crippen LogP contribution < -0.4 is 5.19 Å². The molecular formula is C7H9BrO2Si. The molecule has 1 rings (SSSR count). The van der Waals surface area contributed by atoms with Crippen molar-refractivity contribution in [1.29, 1.82) is 0 Å². The molecule has 0 radical (unpaired) electrons. The van der Waals surface area contributed by atoms with Crippen molar-refractivity contribution in [2.24, 2.45) is 0 Å². The summed E-state index contributed by atoms with van der Waals surface area (Å²) in [6.45, 7) is 1.47. The minimum atomic E-state index is -3.08. The van der Waals surface area contributed by atoms with Crippen LogP contribution in [0.25, 0.3) is 0 Å². The molecule has 0 saturated carbocycles. The van der Waals surface area contributed by atoms with E-state index in [2.05, 4.69) is 15.9 Å². The minimum absolute atomic E-state index is 0.626. The van der Waals surface area contributed by atoms with Crippen LogP contribution in [0.5, 0.6) is 0 Å². The van der Waals surface area contributed by atoms with E-state index in [0.717, 1.165) is 4.47 Å². The van der Waals surface area contributed by atoms with Gasteiger partial charge in [-0.1, -0.05) is 28.1 Å². The van der Waals surface area contributed by atoms with Crippen LogP contribution in [-0.2, 0) is 0 Å². The molecule has 4 heteroatoms. The molecule has 60 valence electrons. The number of benzene rings is 1. The summed E-state index contributed by atoms with van der Waals surface area (Å²) in [5, 5.41) is 0.626. The lowest BCUT2D eigenvalue weighted by atomic mass is 10.4. The molecule has 0 amide bonds. The summed E-state index contributed by atoms with van der Waals surface area (Å²) in [5.74, 6) is 0. The van der Waals surface area contributed by atoms with Gasteiger partial charge in [-0.25, -0.2) is 0 Å². The smallest absolute Gasteiger partial charge is 0.363 e. The maximum Gasteiger partial charge on any atom is 0.363 e. The molecule has 0 atom stereocenters. The van der Waals surface area contributed by atoms with Gasteiger partial charge in [-0.2, -0.15) is 0 Å². The third-order valence-electron chi connectivity index (χ3n) is 1.39. The van der Waals surface area contributed by atoms with Crippen molar-refractivity contribution in [2.75, 3.05) is 0 Å². The van der Waals surface area contributed by atoms with E-state index < -0.39 is 8.56 Å². The van der Waals surface area contributed by atoms with E-state index in [1.165, 1.54) is 6.55 Å². The third kappa shape index (κ3) is 2.41. The Bertz CT molecular complexity index is 240. The van der Waals surface area contributed by atoms with Crippen LogP contribution in [0.3, 0.4) is 0 Å². The average Bonchev–Trinajstić information content (AvgIpc) is 1.86. The predicted octanol–water partition coefficient (Wildman–Crippen LogP) is 0.713. The number of halogens is 1. The fourth-order valence-electron chi connectivity index (χ4n) is 0.766. The van der Waals surface area contributed by atoms with Gasteiger partial charge in [0.05, 0.1) is 0 Å². The molecule has 1 aromatic carbocycles. The van der Waals surface area contributed by atoms with Crippen molar-refractivity contribution in [2.45, 2.75) is 6.55 Å². The molecule has 0 heterocycles. The fourth-order valence-corrected chi connectivity index (χ4v) is 1.83. The van der Waals surface area contributed by atoms with E-state index in [0.29, 0.717) is 5.19 Å². The largest absolute Gasteiger partial charge is 0.408 e. The van der Waals surface area contributed by atoms with E-state index in [1.807, 2.05) is 0 Å². The first-order valence-corrected chi connectivity index (χ1v) is 6.39. The molecule has 0 aliphatic rings. The summed E-state index contributed by atoms with van der Waals surface area (Å²) in [6.07, 6.45) is 0. The lowest BCUT2D eigenvalue weighted by Gasteiger charge is -2.11. The molecule has 0 aliphatic carbocycles. The highest BCUT2D eigenvalue weighted by Gasteiger charge is 2.23. The fraction of sp³-hybridized carbons (Fsp3) is 0.143. The first-order chi connectivity index (χ1) is 5.00. The highest BCUT2D eigenvalue weighted by Crippen LogP contribution is 2.06. The van der Waals surface area contributed by atoms with Gasteiger partial charge in [0.2, 0.25) is 0 Å². The molecule has 0 fully saturated rings. The Balaban J connectivity index is 2.99. The molecule has 0 aromatic heterocycles. The van der Waals surface area contributed by atoms with Crippen LogP contribution in [0.2, 0.25) is 6.55 Å². The Morgan fingerprint density at radius 2 is 1.64 bits per heavy atom. The molecule has 0 bridgehead atoms. The van der Waals surface area contributed by atoms with Gasteiger partial charge in [0.15, 0.2) is 0 Å². The van der Waals surface area contributed by atoms with Gasteiger partial charge in [-0.3, -0.25) is 0 Å². The van der Waals surface area contributed by atoms with Crippen molar-refractivity contribution in [3.63, 3.8) is 0 Å². The molecule has 0 saturated heterocycles. The van der Waals surface area contributed by atoms with E-state index in [4.69, 9.17) is 0 Å². The van der Waals surface area contributed by atoms with Gasteiger partial charge in [0.25, 0.3) is 0 Å². The van der Waals surface area contributed by atoms with Crippen molar-refractivity contribution in [1.82, 2.24) is 0 Å². The molecule has 0 spiro atoms. The van der Waals surface area contributed by atoms with Gasteiger partial charge in [0.1, 0.15) is 0 Å². The van der Waals surface area contributed by atoms with Crippen molar-refractivity contribution >= 4 is 29.7 Å². The van der Waals surface area contributed by atoms with Gasteiger partial charge in [-0.05, 0) is 23.9 Å². The molecule has 11 heavy (non-hydrogen) atoms. The maximum atomic E-state index is 9.26. The Morgan fingerprint density at radius 3 is 2.00 bits per heavy atom. The molecule has 0 unspecified atom stereocenters. The van der Waals surface area contributed by atoms with Crippen LogP contribution in [-0.4, -0.2) is 18.2 Å². The number of hydrogen-bond donors (Lipinski definition) is 2. The molecule has 0 aliphatic heterocycles. The normalized spacial score (nSPS) is 11.6. The summed E-state index contributed by atoms with van der Waals surface area (Å²) in [5.41, 5.74) is 0. The lowest BCUT2D eigenvalue weighted by molar-refractivity contribution is 0.392. The lowest BCUT2D eigenvalue weighted by Crippen LogP contribution is -2.44. The summed E-state index contributed by atoms with van der Waals surface area (Å²) < 4.78 is 0.944. The SMILES string of the molecule is C[Si](O)(O)c1ccc(Br)cc1. The van der Waals surface area contributed by atoms with E-state index >= 15 is 0 Å². The second kappa shape index (κ2) is 3.06. The van der Waals surface area contributed by atoms with Gasteiger partial charge in [0, 0.05) is 4.47 Å². The highest BCUT2D eigenvalue weighted by molar-refractivity contribution is 9.10. The van der Waals surface area contributed by atoms with Crippen LogP contribution in [0.4, 0.5) is 0 Å². The standard InChI is InChI=1S/C7H9BrO2Si/c1-11(9,10)7-4-2-6(8)3-5-7/h2-5,9-10H,1H3. The average molecular weight is 233 g/mol. The van der Waals surface area contributed by atoms with Gasteiger partial charge in [-0.15, -0.1) is 0 Å². The van der Waals surface area contributed by atoms with Gasteiger partial charge >= 0.3 is 8.56 Å².